The first-order valence-electron chi connectivity index (χ1n) is 5.49. The largest absolute Gasteiger partial charge is 0.466 e. The average molecular weight is 276 g/mol. The van der Waals surface area contributed by atoms with Crippen molar-refractivity contribution in [3.63, 3.8) is 0 Å². The summed E-state index contributed by atoms with van der Waals surface area (Å²) in [6.07, 6.45) is -2.24. The van der Waals surface area contributed by atoms with Gasteiger partial charge in [-0.2, -0.15) is 0 Å². The smallest absolute Gasteiger partial charge is 0.418 e. The van der Waals surface area contributed by atoms with Gasteiger partial charge in [-0.05, 0) is 13.8 Å². The summed E-state index contributed by atoms with van der Waals surface area (Å²) in [6.45, 7) is 3.31. The highest BCUT2D eigenvalue weighted by Crippen LogP contribution is 2.25. The highest BCUT2D eigenvalue weighted by atomic mass is 16.8. The van der Waals surface area contributed by atoms with Crippen molar-refractivity contribution in [1.29, 1.82) is 0 Å². The second-order valence-corrected chi connectivity index (χ2v) is 4.21. The quantitative estimate of drug-likeness (QED) is 0.383. The minimum absolute atomic E-state index is 0.0290. The molecule has 0 aliphatic carbocycles. The number of carbonyl (C=O) groups excluding carboxylic acids is 3. The fourth-order valence-corrected chi connectivity index (χ4v) is 1.50. The predicted octanol–water partition coefficient (Wildman–Crippen LogP) is -0.604. The molecule has 1 saturated heterocycles. The van der Waals surface area contributed by atoms with E-state index < -0.39 is 35.9 Å². The van der Waals surface area contributed by atoms with E-state index in [2.05, 4.69) is 9.47 Å². The summed E-state index contributed by atoms with van der Waals surface area (Å²) in [5, 5.41) is 0. The lowest BCUT2D eigenvalue weighted by atomic mass is 10.2. The van der Waals surface area contributed by atoms with Gasteiger partial charge in [-0.3, -0.25) is 0 Å². The van der Waals surface area contributed by atoms with Crippen LogP contribution >= 0.6 is 0 Å². The minimum Gasteiger partial charge on any atom is -0.466 e. The van der Waals surface area contributed by atoms with Crippen LogP contribution in [0.4, 0.5) is 0 Å². The summed E-state index contributed by atoms with van der Waals surface area (Å²) < 4.78 is 24.1. The van der Waals surface area contributed by atoms with Crippen LogP contribution in [0.5, 0.6) is 0 Å². The van der Waals surface area contributed by atoms with Crippen LogP contribution in [-0.2, 0) is 38.1 Å². The molecule has 0 aromatic heterocycles. The first-order valence-corrected chi connectivity index (χ1v) is 5.49. The molecule has 0 radical (unpaired) electrons. The Hall–Kier alpha value is -1.67. The van der Waals surface area contributed by atoms with E-state index in [1.807, 2.05) is 0 Å². The van der Waals surface area contributed by atoms with Crippen molar-refractivity contribution in [3.8, 4) is 0 Å². The molecule has 1 aliphatic rings. The Morgan fingerprint density at radius 3 is 2.21 bits per heavy atom. The van der Waals surface area contributed by atoms with E-state index in [1.165, 1.54) is 0 Å². The molecule has 0 N–H and O–H groups in total. The Kier molecular flexibility index (Phi) is 4.84. The zero-order valence-corrected chi connectivity index (χ0v) is 11.1. The predicted molar refractivity (Wildman–Crippen MR) is 58.8 cm³/mol. The molecule has 2 unspecified atom stereocenters. The Balaban J connectivity index is 2.76. The zero-order chi connectivity index (χ0) is 14.6. The highest BCUT2D eigenvalue weighted by molar-refractivity contribution is 6.29. The van der Waals surface area contributed by atoms with Gasteiger partial charge in [0.25, 0.3) is 0 Å². The molecule has 19 heavy (non-hydrogen) atoms. The third-order valence-corrected chi connectivity index (χ3v) is 2.39. The number of rotatable bonds is 3. The molecule has 0 aromatic carbocycles. The lowest BCUT2D eigenvalue weighted by Crippen LogP contribution is -2.42. The SMILES string of the molecule is COC(=O)C(=O)OC(C(=O)OC)C1COC(C)(C)O1. The number of esters is 3. The van der Waals surface area contributed by atoms with Crippen LogP contribution in [0, 0.1) is 0 Å². The fourth-order valence-electron chi connectivity index (χ4n) is 1.50. The highest BCUT2D eigenvalue weighted by Gasteiger charge is 2.44. The molecule has 8 nitrogen and oxygen atoms in total. The molecule has 0 amide bonds. The molecular formula is C11H16O8. The summed E-state index contributed by atoms with van der Waals surface area (Å²) in [5.74, 6) is -4.27. The lowest BCUT2D eigenvalue weighted by Gasteiger charge is -2.21. The number of ether oxygens (including phenoxy) is 5. The average Bonchev–Trinajstić information content (AvgIpc) is 2.73. The van der Waals surface area contributed by atoms with Crippen molar-refractivity contribution in [2.24, 2.45) is 0 Å². The topological polar surface area (TPSA) is 97.4 Å². The maximum Gasteiger partial charge on any atom is 0.418 e. The number of hydrogen-bond donors (Lipinski definition) is 0. The number of methoxy groups -OCH3 is 2. The molecule has 108 valence electrons. The van der Waals surface area contributed by atoms with Crippen molar-refractivity contribution >= 4 is 17.9 Å². The van der Waals surface area contributed by atoms with Crippen LogP contribution in [0.3, 0.4) is 0 Å². The van der Waals surface area contributed by atoms with Crippen molar-refractivity contribution in [3.05, 3.63) is 0 Å². The van der Waals surface area contributed by atoms with Gasteiger partial charge in [0.1, 0.15) is 6.10 Å². The van der Waals surface area contributed by atoms with E-state index in [-0.39, 0.29) is 6.61 Å². The summed E-state index contributed by atoms with van der Waals surface area (Å²) in [4.78, 5) is 33.9. The molecule has 2 atom stereocenters. The molecule has 1 heterocycles. The molecule has 0 spiro atoms. The Morgan fingerprint density at radius 2 is 1.79 bits per heavy atom. The maximum atomic E-state index is 11.6. The second-order valence-electron chi connectivity index (χ2n) is 4.21. The standard InChI is InChI=1S/C11H16O8/c1-11(2)17-5-6(19-11)7(8(12)15-3)18-10(14)9(13)16-4/h6-7H,5H2,1-4H3. The summed E-state index contributed by atoms with van der Waals surface area (Å²) >= 11 is 0. The van der Waals surface area contributed by atoms with E-state index >= 15 is 0 Å². The summed E-state index contributed by atoms with van der Waals surface area (Å²) in [5.41, 5.74) is 0. The molecule has 1 aliphatic heterocycles. The molecular weight excluding hydrogens is 260 g/mol. The normalized spacial score (nSPS) is 22.4. The van der Waals surface area contributed by atoms with E-state index in [0.29, 0.717) is 0 Å². The first-order chi connectivity index (χ1) is 8.80. The molecule has 0 aromatic rings. The van der Waals surface area contributed by atoms with Crippen molar-refractivity contribution in [2.45, 2.75) is 31.8 Å². The summed E-state index contributed by atoms with van der Waals surface area (Å²) in [7, 11) is 2.15. The Bertz CT molecular complexity index is 375. The van der Waals surface area contributed by atoms with Gasteiger partial charge in [-0.1, -0.05) is 0 Å². The lowest BCUT2D eigenvalue weighted by molar-refractivity contribution is -0.189. The van der Waals surface area contributed by atoms with Gasteiger partial charge in [0.15, 0.2) is 5.79 Å². The summed E-state index contributed by atoms with van der Waals surface area (Å²) in [6, 6.07) is 0. The maximum absolute atomic E-state index is 11.6. The second kappa shape index (κ2) is 5.98. The van der Waals surface area contributed by atoms with Gasteiger partial charge in [0.05, 0.1) is 20.8 Å². The van der Waals surface area contributed by atoms with Gasteiger partial charge >= 0.3 is 17.9 Å². The van der Waals surface area contributed by atoms with E-state index in [0.717, 1.165) is 14.2 Å². The van der Waals surface area contributed by atoms with E-state index in [4.69, 9.17) is 14.2 Å². The molecule has 0 bridgehead atoms. The van der Waals surface area contributed by atoms with Crippen molar-refractivity contribution in [2.75, 3.05) is 20.8 Å². The van der Waals surface area contributed by atoms with Crippen LogP contribution in [0.25, 0.3) is 0 Å². The van der Waals surface area contributed by atoms with Crippen LogP contribution in [-0.4, -0.2) is 56.7 Å². The Labute approximate surface area is 109 Å². The zero-order valence-electron chi connectivity index (χ0n) is 11.1. The number of carbonyl (C=O) groups is 3. The first kappa shape index (κ1) is 15.4. The molecule has 1 fully saturated rings. The fraction of sp³-hybridized carbons (Fsp3) is 0.727. The van der Waals surface area contributed by atoms with Crippen molar-refractivity contribution < 1.29 is 38.1 Å². The van der Waals surface area contributed by atoms with Crippen LogP contribution in [0.2, 0.25) is 0 Å². The van der Waals surface area contributed by atoms with Gasteiger partial charge in [-0.25, -0.2) is 14.4 Å². The molecule has 0 saturated carbocycles. The van der Waals surface area contributed by atoms with Crippen LogP contribution in [0.15, 0.2) is 0 Å². The molecule has 8 heteroatoms. The minimum atomic E-state index is -1.39. The van der Waals surface area contributed by atoms with Crippen molar-refractivity contribution in [1.82, 2.24) is 0 Å². The van der Waals surface area contributed by atoms with Gasteiger partial charge in [0, 0.05) is 0 Å². The third kappa shape index (κ3) is 3.90. The van der Waals surface area contributed by atoms with Gasteiger partial charge < -0.3 is 23.7 Å². The monoisotopic (exact) mass is 276 g/mol. The van der Waals surface area contributed by atoms with Gasteiger partial charge in [0.2, 0.25) is 6.10 Å². The van der Waals surface area contributed by atoms with Crippen LogP contribution in [0.1, 0.15) is 13.8 Å². The van der Waals surface area contributed by atoms with Gasteiger partial charge in [-0.15, -0.1) is 0 Å². The molecule has 1 rings (SSSR count). The third-order valence-electron chi connectivity index (χ3n) is 2.39. The Morgan fingerprint density at radius 1 is 1.16 bits per heavy atom. The van der Waals surface area contributed by atoms with E-state index in [9.17, 15) is 14.4 Å². The van der Waals surface area contributed by atoms with E-state index in [1.54, 1.807) is 13.8 Å². The number of hydrogen-bond acceptors (Lipinski definition) is 8. The van der Waals surface area contributed by atoms with Crippen LogP contribution < -0.4 is 0 Å².